The smallest absolute Gasteiger partial charge is 0.418 e. The van der Waals surface area contributed by atoms with E-state index in [1.54, 1.807) is 12.3 Å². The summed E-state index contributed by atoms with van der Waals surface area (Å²) >= 11 is 0.995. The van der Waals surface area contributed by atoms with Crippen LogP contribution in [0, 0.1) is 11.8 Å². The number of hydrogen-bond donors (Lipinski definition) is 4. The number of carboxylic acid groups (broad SMARTS) is 1. The van der Waals surface area contributed by atoms with Gasteiger partial charge in [0.15, 0.2) is 22.4 Å². The predicted molar refractivity (Wildman–Crippen MR) is 156 cm³/mol. The molecule has 2 aliphatic heterocycles. The van der Waals surface area contributed by atoms with Gasteiger partial charge in [-0.2, -0.15) is 17.9 Å². The minimum absolute atomic E-state index is 0.0115. The number of aromatic nitrogens is 3. The Morgan fingerprint density at radius 1 is 1.31 bits per heavy atom. The molecule has 2 saturated heterocycles. The summed E-state index contributed by atoms with van der Waals surface area (Å²) in [6.07, 6.45) is 2.51. The van der Waals surface area contributed by atoms with E-state index < -0.39 is 64.4 Å². The molecule has 19 heteroatoms. The number of carboxylic acids is 1. The van der Waals surface area contributed by atoms with Crippen LogP contribution in [0.4, 0.5) is 5.13 Å². The summed E-state index contributed by atoms with van der Waals surface area (Å²) in [5.74, 6) is -3.17. The molecule has 3 aromatic heterocycles. The van der Waals surface area contributed by atoms with E-state index in [4.69, 9.17) is 19.9 Å². The first-order chi connectivity index (χ1) is 21.1. The molecule has 2 fully saturated rings. The first-order valence-electron chi connectivity index (χ1n) is 13.7. The number of thiazole rings is 1. The van der Waals surface area contributed by atoms with E-state index in [-0.39, 0.29) is 10.8 Å². The van der Waals surface area contributed by atoms with Crippen LogP contribution in [0.15, 0.2) is 35.1 Å². The topological polar surface area (TPSA) is 229 Å². The molecule has 0 radical (unpaired) electrons. The first-order valence-corrected chi connectivity index (χ1v) is 15.9. The second-order valence-electron chi connectivity index (χ2n) is 11.3. The van der Waals surface area contributed by atoms with Crippen molar-refractivity contribution in [2.75, 3.05) is 25.4 Å². The van der Waals surface area contributed by atoms with Crippen LogP contribution in [0.1, 0.15) is 31.7 Å². The van der Waals surface area contributed by atoms with Crippen LogP contribution in [-0.4, -0.2) is 87.4 Å². The fourth-order valence-corrected chi connectivity index (χ4v) is 6.06. The molecule has 3 aromatic rings. The molecular formula is C26H32N7O10S2+. The summed E-state index contributed by atoms with van der Waals surface area (Å²) in [7, 11) is -3.01. The van der Waals surface area contributed by atoms with Gasteiger partial charge in [-0.05, 0) is 38.9 Å². The third-order valence-corrected chi connectivity index (χ3v) is 8.77. The zero-order valence-electron chi connectivity index (χ0n) is 24.4. The number of aryl methyl sites for hydroxylation is 1. The Bertz CT molecular complexity index is 1780. The van der Waals surface area contributed by atoms with E-state index in [2.05, 4.69) is 24.3 Å². The van der Waals surface area contributed by atoms with E-state index in [1.165, 1.54) is 19.2 Å². The number of imidazole rings is 1. The van der Waals surface area contributed by atoms with Crippen LogP contribution < -0.4 is 20.2 Å². The van der Waals surface area contributed by atoms with Crippen LogP contribution in [0.2, 0.25) is 0 Å². The molecule has 242 valence electrons. The average Bonchev–Trinajstić information content (AvgIpc) is 3.50. The molecule has 2 aliphatic rings. The van der Waals surface area contributed by atoms with Crippen molar-refractivity contribution in [2.24, 2.45) is 24.0 Å². The van der Waals surface area contributed by atoms with Crippen molar-refractivity contribution in [1.29, 1.82) is 0 Å². The number of oxime groups is 1. The molecule has 1 amide bonds. The highest BCUT2D eigenvalue weighted by atomic mass is 32.3. The lowest BCUT2D eigenvalue weighted by molar-refractivity contribution is -0.511. The van der Waals surface area contributed by atoms with Gasteiger partial charge in [-0.1, -0.05) is 5.16 Å². The van der Waals surface area contributed by atoms with Crippen molar-refractivity contribution in [2.45, 2.75) is 38.3 Å². The second kappa shape index (κ2) is 12.3. The number of rotatable bonds is 14. The number of carbonyl (C=O) groups excluding carboxylic acids is 2. The Balaban J connectivity index is 1.29. The standard InChI is InChI=1S/C26H31N7O10S2/c1-26(2)17(23(35)33(26)43-45(38,39)40)7-19(34)22(18-13-44-25(27)29-18)30-42-20(24(36)37)12-41-16-4-5-21-31(3)15(10-32(21)11-16)6-14-8-28-9-14/h4-5,10-11,13-14,17,20,28H,6-9,12H2,1-3H3,(H3-,27,29,36,37,38,39,40)/p+1/b30-22-/t17-,20-/m1/s1. The van der Waals surface area contributed by atoms with Crippen molar-refractivity contribution in [1.82, 2.24) is 19.9 Å². The van der Waals surface area contributed by atoms with Gasteiger partial charge in [-0.3, -0.25) is 14.1 Å². The highest BCUT2D eigenvalue weighted by Gasteiger charge is 2.57. The molecule has 5 rings (SSSR count). The maximum atomic E-state index is 13.3. The zero-order chi connectivity index (χ0) is 32.7. The number of Topliss-reactive ketones (excluding diaryl/α,β-unsaturated/α-hetero) is 1. The van der Waals surface area contributed by atoms with Gasteiger partial charge in [0.25, 0.3) is 17.7 Å². The van der Waals surface area contributed by atoms with Gasteiger partial charge in [0.05, 0.1) is 18.5 Å². The van der Waals surface area contributed by atoms with Crippen LogP contribution in [0.5, 0.6) is 5.75 Å². The molecule has 5 N–H and O–H groups in total. The maximum absolute atomic E-state index is 13.3. The summed E-state index contributed by atoms with van der Waals surface area (Å²) in [4.78, 5) is 47.2. The number of nitrogens with zero attached hydrogens (tertiary/aromatic N) is 5. The van der Waals surface area contributed by atoms with Gasteiger partial charge < -0.3 is 25.7 Å². The van der Waals surface area contributed by atoms with Crippen LogP contribution in [0.3, 0.4) is 0 Å². The molecule has 17 nitrogen and oxygen atoms in total. The summed E-state index contributed by atoms with van der Waals surface area (Å²) in [5.41, 5.74) is 6.07. The highest BCUT2D eigenvalue weighted by Crippen LogP contribution is 2.40. The first kappa shape index (κ1) is 32.2. The number of nitrogen functional groups attached to an aromatic ring is 1. The Morgan fingerprint density at radius 3 is 2.62 bits per heavy atom. The molecule has 0 unspecified atom stereocenters. The minimum atomic E-state index is -4.98. The number of anilines is 1. The highest BCUT2D eigenvalue weighted by molar-refractivity contribution is 7.80. The van der Waals surface area contributed by atoms with E-state index in [9.17, 15) is 27.9 Å². The Hall–Kier alpha value is -4.17. The number of nitrogens with two attached hydrogens (primary N) is 1. The summed E-state index contributed by atoms with van der Waals surface area (Å²) in [6.45, 7) is 4.35. The second-order valence-corrected chi connectivity index (χ2v) is 13.2. The SMILES string of the molecule is Cn1c(CC2CNC2)c[n+]2cc(OC[C@@H](O/N=C(\C(=O)C[C@@H]3C(=O)N(OS(=O)(=O)O)C3(C)C)c3csc(N)n3)C(=O)O)ccc12. The minimum Gasteiger partial charge on any atom is -0.485 e. The molecule has 45 heavy (non-hydrogen) atoms. The molecule has 0 aliphatic carbocycles. The van der Waals surface area contributed by atoms with Crippen LogP contribution in [0.25, 0.3) is 5.65 Å². The lowest BCUT2D eigenvalue weighted by Gasteiger charge is -2.50. The van der Waals surface area contributed by atoms with Gasteiger partial charge in [0.2, 0.25) is 0 Å². The molecule has 0 aromatic carbocycles. The average molecular weight is 667 g/mol. The number of carbonyl (C=O) groups is 3. The number of pyridine rings is 1. The summed E-state index contributed by atoms with van der Waals surface area (Å²) < 4.78 is 45.2. The largest absolute Gasteiger partial charge is 0.485 e. The fourth-order valence-electron chi connectivity index (χ4n) is 5.06. The van der Waals surface area contributed by atoms with Gasteiger partial charge in [0.1, 0.15) is 30.4 Å². The number of fused-ring (bicyclic) bond motifs is 1. The van der Waals surface area contributed by atoms with Gasteiger partial charge in [0, 0.05) is 24.3 Å². The number of ketones is 1. The Morgan fingerprint density at radius 2 is 2.04 bits per heavy atom. The summed E-state index contributed by atoms with van der Waals surface area (Å²) in [6, 6.07) is 3.55. The normalized spacial score (nSPS) is 19.2. The van der Waals surface area contributed by atoms with E-state index >= 15 is 0 Å². The summed E-state index contributed by atoms with van der Waals surface area (Å²) in [5, 5.41) is 18.8. The lowest BCUT2D eigenvalue weighted by atomic mass is 9.74. The number of aliphatic carboxylic acids is 1. The van der Waals surface area contributed by atoms with Crippen molar-refractivity contribution in [3.05, 3.63) is 41.3 Å². The van der Waals surface area contributed by atoms with Gasteiger partial charge >= 0.3 is 16.4 Å². The number of amides is 1. The monoisotopic (exact) mass is 666 g/mol. The molecule has 2 atom stereocenters. The number of hydroxylamine groups is 2. The van der Waals surface area contributed by atoms with Crippen molar-refractivity contribution in [3.8, 4) is 5.75 Å². The molecule has 5 heterocycles. The van der Waals surface area contributed by atoms with Gasteiger partial charge in [-0.25, -0.2) is 14.3 Å². The van der Waals surface area contributed by atoms with E-state index in [1.807, 2.05) is 23.7 Å². The number of β-lactam (4-membered cyclic amide) rings is 1. The van der Waals surface area contributed by atoms with Gasteiger partial charge in [-0.15, -0.1) is 15.6 Å². The molecule has 0 bridgehead atoms. The van der Waals surface area contributed by atoms with Crippen molar-refractivity contribution in [3.63, 3.8) is 0 Å². The third-order valence-electron chi connectivity index (χ3n) is 7.76. The Labute approximate surface area is 261 Å². The van der Waals surface area contributed by atoms with Crippen LogP contribution >= 0.6 is 11.3 Å². The third kappa shape index (κ3) is 6.91. The fraction of sp³-hybridized carbons (Fsp3) is 0.462. The Kier molecular flexibility index (Phi) is 8.82. The zero-order valence-corrected chi connectivity index (χ0v) is 26.1. The maximum Gasteiger partial charge on any atom is 0.418 e. The van der Waals surface area contributed by atoms with E-state index in [0.29, 0.717) is 16.7 Å². The van der Waals surface area contributed by atoms with Crippen molar-refractivity contribution < 1.29 is 50.7 Å². The lowest BCUT2D eigenvalue weighted by Crippen LogP contribution is -2.68. The quantitative estimate of drug-likeness (QED) is 0.0573. The van der Waals surface area contributed by atoms with E-state index in [0.717, 1.165) is 42.2 Å². The molecule has 0 saturated carbocycles. The van der Waals surface area contributed by atoms with Crippen molar-refractivity contribution >= 4 is 55.9 Å². The molecular weight excluding hydrogens is 634 g/mol. The number of nitrogens with one attached hydrogen (secondary N) is 1. The predicted octanol–water partition coefficient (Wildman–Crippen LogP) is -0.252. The number of hydrogen-bond acceptors (Lipinski definition) is 13. The molecule has 0 spiro atoms. The van der Waals surface area contributed by atoms with Crippen LogP contribution in [-0.2, 0) is 47.4 Å². The number of ether oxygens (including phenoxy) is 1.